The van der Waals surface area contributed by atoms with Crippen molar-refractivity contribution in [3.8, 4) is 21.0 Å². The van der Waals surface area contributed by atoms with Crippen molar-refractivity contribution in [3.05, 3.63) is 65.7 Å². The van der Waals surface area contributed by atoms with E-state index in [0.717, 1.165) is 38.3 Å². The number of anilines is 1. The predicted octanol–water partition coefficient (Wildman–Crippen LogP) is 5.37. The summed E-state index contributed by atoms with van der Waals surface area (Å²) >= 11 is 1.74. The molecule has 0 spiro atoms. The lowest BCUT2D eigenvalue weighted by Gasteiger charge is -2.04. The lowest BCUT2D eigenvalue weighted by Crippen LogP contribution is -2.13. The number of rotatable bonds is 1. The van der Waals surface area contributed by atoms with Crippen molar-refractivity contribution in [1.29, 1.82) is 0 Å². The molecule has 25 heavy (non-hydrogen) atoms. The van der Waals surface area contributed by atoms with E-state index in [1.54, 1.807) is 11.3 Å². The molecule has 1 aliphatic heterocycles. The van der Waals surface area contributed by atoms with Gasteiger partial charge >= 0.3 is 0 Å². The monoisotopic (exact) mass is 344 g/mol. The first-order valence-corrected chi connectivity index (χ1v) is 9.12. The molecule has 4 aromatic rings. The van der Waals surface area contributed by atoms with E-state index in [2.05, 4.69) is 41.5 Å². The number of aromatic amines is 1. The average molecular weight is 344 g/mol. The zero-order valence-electron chi connectivity index (χ0n) is 13.7. The molecule has 5 rings (SSSR count). The summed E-state index contributed by atoms with van der Waals surface area (Å²) < 4.78 is 0. The van der Waals surface area contributed by atoms with E-state index in [-0.39, 0.29) is 5.91 Å². The Morgan fingerprint density at radius 3 is 2.56 bits per heavy atom. The van der Waals surface area contributed by atoms with Crippen molar-refractivity contribution < 1.29 is 4.79 Å². The highest BCUT2D eigenvalue weighted by atomic mass is 32.1. The molecule has 0 fully saturated rings. The topological polar surface area (TPSA) is 44.9 Å². The molecule has 3 nitrogen and oxygen atoms in total. The maximum absolute atomic E-state index is 12.5. The first kappa shape index (κ1) is 14.5. The quantitative estimate of drug-likeness (QED) is 0.479. The van der Waals surface area contributed by atoms with Gasteiger partial charge in [-0.25, -0.2) is 0 Å². The molecule has 2 aromatic heterocycles. The van der Waals surface area contributed by atoms with Crippen LogP contribution in [-0.4, -0.2) is 10.9 Å². The summed E-state index contributed by atoms with van der Waals surface area (Å²) in [5.74, 6) is 0.0465. The van der Waals surface area contributed by atoms with Gasteiger partial charge in [0.15, 0.2) is 0 Å². The second kappa shape index (κ2) is 5.33. The van der Waals surface area contributed by atoms with Gasteiger partial charge in [0.05, 0.1) is 22.7 Å². The third-order valence-electron chi connectivity index (χ3n) is 4.83. The Morgan fingerprint density at radius 1 is 0.960 bits per heavy atom. The van der Waals surface area contributed by atoms with Crippen molar-refractivity contribution in [2.45, 2.75) is 13.3 Å². The van der Waals surface area contributed by atoms with Gasteiger partial charge in [0.2, 0.25) is 5.91 Å². The number of aromatic nitrogens is 1. The van der Waals surface area contributed by atoms with E-state index < -0.39 is 0 Å². The Kier molecular flexibility index (Phi) is 3.09. The SMILES string of the molecule is Cc1c(-c2ccccc2)sc2c1NC(=O)Cc1c-2[nH]c2ccccc12. The molecule has 1 amide bonds. The number of thiophene rings is 1. The van der Waals surface area contributed by atoms with E-state index in [9.17, 15) is 4.79 Å². The Morgan fingerprint density at radius 2 is 1.72 bits per heavy atom. The van der Waals surface area contributed by atoms with Gasteiger partial charge in [-0.2, -0.15) is 0 Å². The molecule has 4 heteroatoms. The summed E-state index contributed by atoms with van der Waals surface area (Å²) in [6, 6.07) is 18.6. The molecule has 0 atom stereocenters. The highest BCUT2D eigenvalue weighted by molar-refractivity contribution is 7.19. The highest BCUT2D eigenvalue weighted by Gasteiger charge is 2.27. The van der Waals surface area contributed by atoms with Crippen LogP contribution in [0, 0.1) is 6.92 Å². The molecule has 0 unspecified atom stereocenters. The van der Waals surface area contributed by atoms with Gasteiger partial charge in [-0.15, -0.1) is 11.3 Å². The zero-order chi connectivity index (χ0) is 17.0. The summed E-state index contributed by atoms with van der Waals surface area (Å²) in [6.45, 7) is 2.09. The number of hydrogen-bond donors (Lipinski definition) is 2. The number of benzene rings is 2. The van der Waals surface area contributed by atoms with Gasteiger partial charge in [0, 0.05) is 15.8 Å². The number of carbonyl (C=O) groups excluding carboxylic acids is 1. The second-order valence-electron chi connectivity index (χ2n) is 6.38. The minimum atomic E-state index is 0.0465. The molecule has 2 N–H and O–H groups in total. The standard InChI is InChI=1S/C21H16N2OS/c1-12-18-21(25-20(12)13-7-3-2-4-8-13)19-15(11-17(24)23-18)14-9-5-6-10-16(14)22-19/h2-10,22H,11H2,1H3,(H,23,24). The van der Waals surface area contributed by atoms with Crippen molar-refractivity contribution in [3.63, 3.8) is 0 Å². The maximum Gasteiger partial charge on any atom is 0.228 e. The van der Waals surface area contributed by atoms with Gasteiger partial charge in [-0.1, -0.05) is 48.5 Å². The summed E-state index contributed by atoms with van der Waals surface area (Å²) in [7, 11) is 0. The first-order chi connectivity index (χ1) is 12.2. The molecular weight excluding hydrogens is 328 g/mol. The van der Waals surface area contributed by atoms with Gasteiger partial charge in [-0.05, 0) is 29.7 Å². The summed E-state index contributed by atoms with van der Waals surface area (Å²) in [5.41, 5.74) is 6.51. The molecule has 0 radical (unpaired) electrons. The van der Waals surface area contributed by atoms with E-state index >= 15 is 0 Å². The molecule has 3 heterocycles. The first-order valence-electron chi connectivity index (χ1n) is 8.31. The summed E-state index contributed by atoms with van der Waals surface area (Å²) in [5, 5.41) is 4.26. The number of fused-ring (bicyclic) bond motifs is 5. The lowest BCUT2D eigenvalue weighted by atomic mass is 10.1. The minimum absolute atomic E-state index is 0.0465. The Balaban J connectivity index is 1.81. The number of nitrogens with one attached hydrogen (secondary N) is 2. The van der Waals surface area contributed by atoms with Gasteiger partial charge in [0.1, 0.15) is 0 Å². The van der Waals surface area contributed by atoms with Crippen LogP contribution in [0.15, 0.2) is 54.6 Å². The highest BCUT2D eigenvalue weighted by Crippen LogP contribution is 2.48. The Labute approximate surface area is 149 Å². The number of carbonyl (C=O) groups is 1. The average Bonchev–Trinajstić information content (AvgIpc) is 3.10. The van der Waals surface area contributed by atoms with Gasteiger partial charge < -0.3 is 10.3 Å². The fraction of sp³-hybridized carbons (Fsp3) is 0.0952. The normalized spacial score (nSPS) is 13.2. The number of hydrogen-bond acceptors (Lipinski definition) is 2. The largest absolute Gasteiger partial charge is 0.354 e. The van der Waals surface area contributed by atoms with Crippen molar-refractivity contribution in [2.75, 3.05) is 5.32 Å². The van der Waals surface area contributed by atoms with Crippen LogP contribution in [0.1, 0.15) is 11.1 Å². The fourth-order valence-electron chi connectivity index (χ4n) is 3.63. The van der Waals surface area contributed by atoms with Crippen LogP contribution in [0.25, 0.3) is 31.9 Å². The van der Waals surface area contributed by atoms with Crippen LogP contribution in [0.5, 0.6) is 0 Å². The third kappa shape index (κ3) is 2.14. The predicted molar refractivity (Wildman–Crippen MR) is 104 cm³/mol. The summed E-state index contributed by atoms with van der Waals surface area (Å²) in [4.78, 5) is 18.4. The van der Waals surface area contributed by atoms with Crippen molar-refractivity contribution in [2.24, 2.45) is 0 Å². The lowest BCUT2D eigenvalue weighted by molar-refractivity contribution is -0.115. The van der Waals surface area contributed by atoms with Crippen molar-refractivity contribution in [1.82, 2.24) is 4.98 Å². The molecular formula is C21H16N2OS. The minimum Gasteiger partial charge on any atom is -0.354 e. The second-order valence-corrected chi connectivity index (χ2v) is 7.40. The Hall–Kier alpha value is -2.85. The van der Waals surface area contributed by atoms with E-state index in [0.29, 0.717) is 6.42 Å². The number of para-hydroxylation sites is 1. The molecule has 0 aliphatic carbocycles. The smallest absolute Gasteiger partial charge is 0.228 e. The molecule has 0 saturated heterocycles. The molecule has 2 aromatic carbocycles. The Bertz CT molecular complexity index is 1120. The molecule has 122 valence electrons. The summed E-state index contributed by atoms with van der Waals surface area (Å²) in [6.07, 6.45) is 0.404. The van der Waals surface area contributed by atoms with Crippen LogP contribution < -0.4 is 5.32 Å². The van der Waals surface area contributed by atoms with Crippen LogP contribution >= 0.6 is 11.3 Å². The van der Waals surface area contributed by atoms with E-state index in [1.165, 1.54) is 10.4 Å². The van der Waals surface area contributed by atoms with Crippen LogP contribution in [0.4, 0.5) is 5.69 Å². The molecule has 1 aliphatic rings. The van der Waals surface area contributed by atoms with Crippen LogP contribution in [0.3, 0.4) is 0 Å². The van der Waals surface area contributed by atoms with E-state index in [4.69, 9.17) is 0 Å². The molecule has 0 saturated carbocycles. The van der Waals surface area contributed by atoms with Gasteiger partial charge in [0.25, 0.3) is 0 Å². The number of H-pyrrole nitrogens is 1. The fourth-order valence-corrected chi connectivity index (χ4v) is 4.92. The van der Waals surface area contributed by atoms with Crippen LogP contribution in [0.2, 0.25) is 0 Å². The number of amides is 1. The maximum atomic E-state index is 12.5. The zero-order valence-corrected chi connectivity index (χ0v) is 14.5. The van der Waals surface area contributed by atoms with E-state index in [1.807, 2.05) is 30.3 Å². The van der Waals surface area contributed by atoms with Crippen molar-refractivity contribution >= 4 is 33.8 Å². The third-order valence-corrected chi connectivity index (χ3v) is 6.18. The van der Waals surface area contributed by atoms with Crippen LogP contribution in [-0.2, 0) is 11.2 Å². The van der Waals surface area contributed by atoms with Gasteiger partial charge in [-0.3, -0.25) is 4.79 Å². The molecule has 0 bridgehead atoms.